The monoisotopic (exact) mass is 282 g/mol. The fourth-order valence-corrected chi connectivity index (χ4v) is 3.68. The first-order valence-electron chi connectivity index (χ1n) is 6.67. The van der Waals surface area contributed by atoms with Gasteiger partial charge in [0.05, 0.1) is 5.75 Å². The van der Waals surface area contributed by atoms with Crippen LogP contribution >= 0.6 is 0 Å². The van der Waals surface area contributed by atoms with Gasteiger partial charge in [-0.3, -0.25) is 11.3 Å². The Morgan fingerprint density at radius 2 is 1.95 bits per heavy atom. The Hall–Kier alpha value is -0.910. The molecule has 106 valence electrons. The highest BCUT2D eigenvalue weighted by Gasteiger charge is 2.44. The van der Waals surface area contributed by atoms with E-state index in [0.717, 1.165) is 12.8 Å². The molecule has 19 heavy (non-hydrogen) atoms. The van der Waals surface area contributed by atoms with Gasteiger partial charge in [0.2, 0.25) is 0 Å². The molecule has 0 saturated heterocycles. The van der Waals surface area contributed by atoms with Crippen molar-refractivity contribution in [1.82, 2.24) is 5.43 Å². The van der Waals surface area contributed by atoms with Crippen molar-refractivity contribution in [3.63, 3.8) is 0 Å². The molecular formula is C14H22N2O2S. The summed E-state index contributed by atoms with van der Waals surface area (Å²) in [5.41, 5.74) is 4.11. The van der Waals surface area contributed by atoms with Crippen molar-refractivity contribution in [2.24, 2.45) is 5.84 Å². The maximum absolute atomic E-state index is 11.4. The van der Waals surface area contributed by atoms with Crippen molar-refractivity contribution in [2.75, 3.05) is 12.0 Å². The highest BCUT2D eigenvalue weighted by atomic mass is 32.2. The smallest absolute Gasteiger partial charge is 0.147 e. The molecule has 0 amide bonds. The van der Waals surface area contributed by atoms with Crippen molar-refractivity contribution in [3.05, 3.63) is 35.9 Å². The van der Waals surface area contributed by atoms with Crippen LogP contribution in [0.3, 0.4) is 0 Å². The average Bonchev–Trinajstić information content (AvgIpc) is 2.32. The van der Waals surface area contributed by atoms with Crippen LogP contribution in [0.4, 0.5) is 0 Å². The molecule has 1 unspecified atom stereocenters. The summed E-state index contributed by atoms with van der Waals surface area (Å²) in [5, 5.41) is 0. The van der Waals surface area contributed by atoms with Crippen LogP contribution in [0.25, 0.3) is 0 Å². The first-order valence-corrected chi connectivity index (χ1v) is 8.73. The van der Waals surface area contributed by atoms with E-state index < -0.39 is 9.84 Å². The highest BCUT2D eigenvalue weighted by Crippen LogP contribution is 2.47. The molecule has 0 spiro atoms. The van der Waals surface area contributed by atoms with Crippen LogP contribution in [-0.2, 0) is 15.3 Å². The number of sulfone groups is 1. The molecule has 0 aliphatic heterocycles. The minimum absolute atomic E-state index is 0.000694. The number of hydrogen-bond acceptors (Lipinski definition) is 4. The maximum Gasteiger partial charge on any atom is 0.147 e. The molecule has 0 radical (unpaired) electrons. The summed E-state index contributed by atoms with van der Waals surface area (Å²) in [5.74, 6) is 5.87. The number of benzene rings is 1. The Morgan fingerprint density at radius 3 is 2.37 bits per heavy atom. The molecule has 1 atom stereocenters. The van der Waals surface area contributed by atoms with E-state index in [2.05, 4.69) is 17.6 Å². The largest absolute Gasteiger partial charge is 0.271 e. The summed E-state index contributed by atoms with van der Waals surface area (Å²) < 4.78 is 22.7. The Bertz CT molecular complexity index is 510. The van der Waals surface area contributed by atoms with E-state index in [9.17, 15) is 8.42 Å². The van der Waals surface area contributed by atoms with Gasteiger partial charge in [0.15, 0.2) is 0 Å². The zero-order chi connectivity index (χ0) is 13.9. The third-order valence-corrected chi connectivity index (χ3v) is 5.22. The molecule has 1 aromatic carbocycles. The van der Waals surface area contributed by atoms with E-state index in [1.54, 1.807) is 0 Å². The first kappa shape index (κ1) is 14.5. The van der Waals surface area contributed by atoms with E-state index in [1.807, 2.05) is 18.2 Å². The molecular weight excluding hydrogens is 260 g/mol. The SMILES string of the molecule is CS(=O)(=O)CCC(NN)C1(c2ccccc2)CCC1. The molecule has 5 heteroatoms. The van der Waals surface area contributed by atoms with Crippen LogP contribution < -0.4 is 11.3 Å². The van der Waals surface area contributed by atoms with Crippen LogP contribution in [0.15, 0.2) is 30.3 Å². The quantitative estimate of drug-likeness (QED) is 0.610. The molecule has 1 saturated carbocycles. The Kier molecular flexibility index (Phi) is 4.28. The van der Waals surface area contributed by atoms with Crippen LogP contribution in [0.5, 0.6) is 0 Å². The summed E-state index contributed by atoms with van der Waals surface area (Å²) in [6.45, 7) is 0. The number of rotatable bonds is 6. The zero-order valence-electron chi connectivity index (χ0n) is 11.3. The van der Waals surface area contributed by atoms with Crippen LogP contribution in [0, 0.1) is 0 Å². The van der Waals surface area contributed by atoms with Crippen molar-refractivity contribution < 1.29 is 8.42 Å². The van der Waals surface area contributed by atoms with Crippen molar-refractivity contribution in [3.8, 4) is 0 Å². The summed E-state index contributed by atoms with van der Waals surface area (Å²) in [6, 6.07) is 10.3. The molecule has 1 aliphatic carbocycles. The highest BCUT2D eigenvalue weighted by molar-refractivity contribution is 7.90. The topological polar surface area (TPSA) is 72.2 Å². The van der Waals surface area contributed by atoms with Gasteiger partial charge in [-0.2, -0.15) is 0 Å². The molecule has 2 rings (SSSR count). The van der Waals surface area contributed by atoms with Crippen LogP contribution in [0.2, 0.25) is 0 Å². The van der Waals surface area contributed by atoms with Gasteiger partial charge in [0.1, 0.15) is 9.84 Å². The molecule has 0 heterocycles. The molecule has 4 nitrogen and oxygen atoms in total. The Labute approximate surface area is 115 Å². The summed E-state index contributed by atoms with van der Waals surface area (Å²) in [4.78, 5) is 0. The minimum atomic E-state index is -2.95. The summed E-state index contributed by atoms with van der Waals surface area (Å²) >= 11 is 0. The van der Waals surface area contributed by atoms with Gasteiger partial charge < -0.3 is 0 Å². The van der Waals surface area contributed by atoms with E-state index in [0.29, 0.717) is 6.42 Å². The predicted molar refractivity (Wildman–Crippen MR) is 77.4 cm³/mol. The van der Waals surface area contributed by atoms with E-state index in [4.69, 9.17) is 5.84 Å². The molecule has 1 aromatic rings. The van der Waals surface area contributed by atoms with Gasteiger partial charge in [0, 0.05) is 17.7 Å². The standard InChI is InChI=1S/C14H22N2O2S/c1-19(17,18)11-8-13(16-15)14(9-5-10-14)12-6-3-2-4-7-12/h2-4,6-7,13,16H,5,8-11,15H2,1H3. The second-order valence-corrected chi connectivity index (χ2v) is 7.77. The zero-order valence-corrected chi connectivity index (χ0v) is 12.1. The first-order chi connectivity index (χ1) is 8.98. The molecule has 0 aromatic heterocycles. The van der Waals surface area contributed by atoms with Gasteiger partial charge in [-0.25, -0.2) is 8.42 Å². The second kappa shape index (κ2) is 5.61. The Morgan fingerprint density at radius 1 is 1.32 bits per heavy atom. The minimum Gasteiger partial charge on any atom is -0.271 e. The number of hydrazine groups is 1. The van der Waals surface area contributed by atoms with E-state index in [-0.39, 0.29) is 17.2 Å². The van der Waals surface area contributed by atoms with E-state index in [1.165, 1.54) is 18.2 Å². The number of nitrogens with two attached hydrogens (primary N) is 1. The fraction of sp³-hybridized carbons (Fsp3) is 0.571. The Balaban J connectivity index is 2.19. The second-order valence-electron chi connectivity index (χ2n) is 5.51. The fourth-order valence-electron chi connectivity index (χ4n) is 3.02. The molecule has 3 N–H and O–H groups in total. The molecule has 1 fully saturated rings. The van der Waals surface area contributed by atoms with Gasteiger partial charge in [-0.05, 0) is 24.8 Å². The van der Waals surface area contributed by atoms with Crippen molar-refractivity contribution in [2.45, 2.75) is 37.1 Å². The summed E-state index contributed by atoms with van der Waals surface area (Å²) in [6.07, 6.45) is 5.14. The average molecular weight is 282 g/mol. The third kappa shape index (κ3) is 3.16. The van der Waals surface area contributed by atoms with Gasteiger partial charge in [-0.15, -0.1) is 0 Å². The molecule has 0 bridgehead atoms. The number of hydrogen-bond donors (Lipinski definition) is 2. The maximum atomic E-state index is 11.4. The van der Waals surface area contributed by atoms with Gasteiger partial charge >= 0.3 is 0 Å². The van der Waals surface area contributed by atoms with Crippen molar-refractivity contribution in [1.29, 1.82) is 0 Å². The van der Waals surface area contributed by atoms with Crippen LogP contribution in [-0.4, -0.2) is 26.5 Å². The van der Waals surface area contributed by atoms with Gasteiger partial charge in [0.25, 0.3) is 0 Å². The molecule has 1 aliphatic rings. The van der Waals surface area contributed by atoms with E-state index >= 15 is 0 Å². The normalized spacial score (nSPS) is 19.7. The lowest BCUT2D eigenvalue weighted by atomic mass is 9.59. The lowest BCUT2D eigenvalue weighted by Crippen LogP contribution is -2.55. The lowest BCUT2D eigenvalue weighted by Gasteiger charge is -2.48. The predicted octanol–water partition coefficient (Wildman–Crippen LogP) is 1.37. The van der Waals surface area contributed by atoms with Crippen LogP contribution in [0.1, 0.15) is 31.2 Å². The van der Waals surface area contributed by atoms with Crippen molar-refractivity contribution >= 4 is 9.84 Å². The lowest BCUT2D eigenvalue weighted by molar-refractivity contribution is 0.166. The number of nitrogens with one attached hydrogen (secondary N) is 1. The van der Waals surface area contributed by atoms with Gasteiger partial charge in [-0.1, -0.05) is 36.8 Å². The third-order valence-electron chi connectivity index (χ3n) is 4.24. The summed E-state index contributed by atoms with van der Waals surface area (Å²) in [7, 11) is -2.95.